The van der Waals surface area contributed by atoms with E-state index in [9.17, 15) is 38.6 Å². The summed E-state index contributed by atoms with van der Waals surface area (Å²) in [6.45, 7) is -1.68. The van der Waals surface area contributed by atoms with Crippen LogP contribution in [-0.2, 0) is 25.1 Å². The van der Waals surface area contributed by atoms with Crippen LogP contribution in [0.3, 0.4) is 0 Å². The first-order chi connectivity index (χ1) is 12.9. The zero-order valence-corrected chi connectivity index (χ0v) is 27.8. The molecule has 0 spiro atoms. The molecule has 0 aliphatic heterocycles. The molecule has 0 radical (unpaired) electrons. The molecule has 0 aliphatic carbocycles. The molecule has 2 aromatic rings. The Labute approximate surface area is 270 Å². The molecule has 21 heteroatoms. The summed E-state index contributed by atoms with van der Waals surface area (Å²) in [4.78, 5) is 64.6. The van der Waals surface area contributed by atoms with E-state index in [1.165, 1.54) is 10.9 Å². The molecule has 2 heterocycles. The summed E-state index contributed by atoms with van der Waals surface area (Å²) < 4.78 is 32.5. The van der Waals surface area contributed by atoms with Gasteiger partial charge >= 0.3 is 118 Å². The van der Waals surface area contributed by atoms with Crippen LogP contribution in [0.1, 0.15) is 0 Å². The molecule has 1 unspecified atom stereocenters. The number of nitrogens with zero attached hydrogens (tertiary/aromatic N) is 3. The molecule has 0 amide bonds. The maximum atomic E-state index is 11.8. The number of aromatic amines is 1. The number of aromatic nitrogens is 4. The van der Waals surface area contributed by atoms with Gasteiger partial charge in [-0.15, -0.1) is 0 Å². The van der Waals surface area contributed by atoms with Crippen LogP contribution < -0.4 is 149 Å². The third-order valence-electron chi connectivity index (χ3n) is 3.29. The predicted molar refractivity (Wildman–Crippen MR) is 84.3 cm³/mol. The number of aliphatic hydroxyl groups excluding tert-OH is 1. The quantitative estimate of drug-likeness (QED) is 0.190. The van der Waals surface area contributed by atoms with Crippen molar-refractivity contribution >= 4 is 32.3 Å². The van der Waals surface area contributed by atoms with E-state index in [4.69, 9.17) is 15.2 Å². The van der Waals surface area contributed by atoms with Crippen molar-refractivity contribution in [3.8, 4) is 0 Å². The molecule has 0 aromatic carbocycles. The van der Waals surface area contributed by atoms with Crippen LogP contribution in [0.25, 0.3) is 11.2 Å². The third kappa shape index (κ3) is 13.0. The van der Waals surface area contributed by atoms with Crippen LogP contribution in [-0.4, -0.2) is 56.1 Å². The van der Waals surface area contributed by atoms with Gasteiger partial charge in [-0.1, -0.05) is 0 Å². The molecule has 15 nitrogen and oxygen atoms in total. The van der Waals surface area contributed by atoms with E-state index in [0.717, 1.165) is 0 Å². The predicted octanol–water partition coefficient (Wildman–Crippen LogP) is -16.8. The van der Waals surface area contributed by atoms with Crippen molar-refractivity contribution in [1.82, 2.24) is 19.5 Å². The number of nitrogens with one attached hydrogen (secondary N) is 1. The Morgan fingerprint density at radius 3 is 2.28 bits per heavy atom. The van der Waals surface area contributed by atoms with Gasteiger partial charge in [-0.2, -0.15) is 4.98 Å². The summed E-state index contributed by atoms with van der Waals surface area (Å²) in [5.74, 6) is -2.56. The average Bonchev–Trinajstić information content (AvgIpc) is 2.93. The van der Waals surface area contributed by atoms with Gasteiger partial charge in [0, 0.05) is 0 Å². The Kier molecular flexibility index (Phi) is 20.6. The minimum absolute atomic E-state index is 0. The number of anilines is 1. The monoisotopic (exact) mass is 531 g/mol. The van der Waals surface area contributed by atoms with Crippen molar-refractivity contribution in [2.24, 2.45) is 0 Å². The van der Waals surface area contributed by atoms with E-state index in [1.54, 1.807) is 0 Å². The van der Waals surface area contributed by atoms with Gasteiger partial charge in [0.1, 0.15) is 5.85 Å². The zero-order valence-electron chi connectivity index (χ0n) is 18.0. The normalized spacial score (nSPS) is 13.2. The average molecular weight is 531 g/mol. The minimum Gasteiger partial charge on any atom is -0.809 e. The van der Waals surface area contributed by atoms with Crippen molar-refractivity contribution in [1.29, 1.82) is 0 Å². The fraction of sp³-hybridized carbons (Fsp3) is 0.545. The Hall–Kier alpha value is 2.33. The number of H-pyrrole nitrogens is 1. The largest absolute Gasteiger partial charge is 1.00 e. The minimum atomic E-state index is -5.34. The van der Waals surface area contributed by atoms with Crippen LogP contribution in [0.15, 0.2) is 11.1 Å². The number of ether oxygens (including phenoxy) is 2. The molecule has 2 aromatic heterocycles. The van der Waals surface area contributed by atoms with Gasteiger partial charge in [0.15, 0.2) is 11.2 Å². The number of hydrogen-bond donors (Lipinski definition) is 3. The van der Waals surface area contributed by atoms with Gasteiger partial charge < -0.3 is 53.6 Å². The van der Waals surface area contributed by atoms with Gasteiger partial charge in [-0.3, -0.25) is 9.78 Å². The van der Waals surface area contributed by atoms with Gasteiger partial charge in [0.25, 0.3) is 5.56 Å². The van der Waals surface area contributed by atoms with E-state index < -0.39 is 52.3 Å². The summed E-state index contributed by atoms with van der Waals surface area (Å²) in [6, 6.07) is 0. The van der Waals surface area contributed by atoms with Gasteiger partial charge in [0.05, 0.1) is 38.5 Å². The van der Waals surface area contributed by atoms with Crippen LogP contribution in [0.4, 0.5) is 5.95 Å². The molecule has 0 saturated heterocycles. The molecule has 2 atom stereocenters. The molecular weight excluding hydrogens is 516 g/mol. The molecule has 4 N–H and O–H groups in total. The van der Waals surface area contributed by atoms with E-state index in [1.807, 2.05) is 0 Å². The molecule has 0 aliphatic rings. The number of fused-ring (bicyclic) bond motifs is 1. The second kappa shape index (κ2) is 17.0. The van der Waals surface area contributed by atoms with E-state index >= 15 is 0 Å². The van der Waals surface area contributed by atoms with Crippen LogP contribution in [0, 0.1) is 0 Å². The Bertz CT molecular complexity index is 982. The number of nitrogens with two attached hydrogens (primary N) is 1. The number of imidazole rings is 1. The number of rotatable bonds is 10. The van der Waals surface area contributed by atoms with Gasteiger partial charge in [-0.25, -0.2) is 4.98 Å². The van der Waals surface area contributed by atoms with Crippen molar-refractivity contribution in [3.05, 3.63) is 16.7 Å². The van der Waals surface area contributed by atoms with Crippen molar-refractivity contribution in [2.75, 3.05) is 25.3 Å². The molecule has 0 fully saturated rings. The van der Waals surface area contributed by atoms with E-state index in [0.29, 0.717) is 0 Å². The molecule has 2 rings (SSSR count). The fourth-order valence-corrected chi connectivity index (χ4v) is 2.68. The van der Waals surface area contributed by atoms with Crippen molar-refractivity contribution in [2.45, 2.75) is 18.5 Å². The SMILES string of the molecule is Nc1nc2c(ncn2C[C@H](COCP(=O)([O-])[O-])OCC(O)P(=O)([O-])[O-])c(=O)[nH]1.[Na+].[Na+].[Na+].[Na+]. The second-order valence-corrected chi connectivity index (χ2v) is 8.76. The summed E-state index contributed by atoms with van der Waals surface area (Å²) >= 11 is 0. The topological polar surface area (TPSA) is 255 Å². The first kappa shape index (κ1) is 38.9. The summed E-state index contributed by atoms with van der Waals surface area (Å²) in [7, 11) is -10.3. The Morgan fingerprint density at radius 2 is 1.75 bits per heavy atom. The van der Waals surface area contributed by atoms with Crippen LogP contribution >= 0.6 is 15.2 Å². The van der Waals surface area contributed by atoms with Crippen LogP contribution in [0.5, 0.6) is 0 Å². The maximum Gasteiger partial charge on any atom is 1.00 e. The summed E-state index contributed by atoms with van der Waals surface area (Å²) in [5, 5.41) is 9.27. The number of aliphatic hydroxyl groups is 1. The number of hydrogen-bond acceptors (Lipinski definition) is 13. The third-order valence-corrected chi connectivity index (χ3v) is 4.67. The summed E-state index contributed by atoms with van der Waals surface area (Å²) in [5.41, 5.74) is 4.80. The molecular formula is C11H15N5Na4O10P2. The smallest absolute Gasteiger partial charge is 0.809 e. The van der Waals surface area contributed by atoms with Gasteiger partial charge in [0.2, 0.25) is 5.95 Å². The fourth-order valence-electron chi connectivity index (χ4n) is 2.09. The molecule has 0 saturated carbocycles. The van der Waals surface area contributed by atoms with E-state index in [-0.39, 0.29) is 142 Å². The van der Waals surface area contributed by atoms with Crippen molar-refractivity contribution in [3.63, 3.8) is 0 Å². The molecule has 158 valence electrons. The summed E-state index contributed by atoms with van der Waals surface area (Å²) in [6.07, 6.45) is -1.13. The standard InChI is InChI=1S/C11H19N5O10P2.4Na/c12-11-14-9-8(10(18)15-11)13-4-16(9)1-6(2-25-5-27(19,20)21)26-3-7(17)28(22,23)24;;;;/h4,6-7,17H,1-3,5H2,(H2,19,20,21)(H2,22,23,24)(H3,12,14,15,18);;;;/q;4*+1/p-4/t6-,7?;;;;/m1..../s1. The van der Waals surface area contributed by atoms with Crippen molar-refractivity contribution < 1.29 is 162 Å². The van der Waals surface area contributed by atoms with E-state index in [2.05, 4.69) is 15.0 Å². The molecule has 0 bridgehead atoms. The Balaban J connectivity index is -0.00000210. The Morgan fingerprint density at radius 1 is 1.16 bits per heavy atom. The van der Waals surface area contributed by atoms with Gasteiger partial charge in [-0.05, 0) is 15.2 Å². The van der Waals surface area contributed by atoms with Crippen LogP contribution in [0.2, 0.25) is 0 Å². The first-order valence-corrected chi connectivity index (χ1v) is 10.8. The zero-order chi connectivity index (χ0) is 21.1. The first-order valence-electron chi connectivity index (χ1n) is 7.47. The second-order valence-electron chi connectivity index (χ2n) is 5.61. The number of nitrogen functional groups attached to an aromatic ring is 1. The maximum absolute atomic E-state index is 11.8. The molecule has 32 heavy (non-hydrogen) atoms.